The van der Waals surface area contributed by atoms with Gasteiger partial charge in [0.25, 0.3) is 5.91 Å². The second kappa shape index (κ2) is 12.6. The number of carbonyl (C=O) groups excluding carboxylic acids is 1. The Kier molecular flexibility index (Phi) is 8.53. The Balaban J connectivity index is 1.17. The number of hydrazone groups is 1. The number of anilines is 2. The summed E-state index contributed by atoms with van der Waals surface area (Å²) < 4.78 is 5.94. The number of carbonyl (C=O) groups is 1. The summed E-state index contributed by atoms with van der Waals surface area (Å²) in [6, 6.07) is 29.6. The summed E-state index contributed by atoms with van der Waals surface area (Å²) in [7, 11) is 0. The average Bonchev–Trinajstić information content (AvgIpc) is 3.43. The summed E-state index contributed by atoms with van der Waals surface area (Å²) in [6.07, 6.45) is 1.56. The molecule has 1 amide bonds. The van der Waals surface area contributed by atoms with Gasteiger partial charge in [0.1, 0.15) is 12.4 Å². The summed E-state index contributed by atoms with van der Waals surface area (Å²) in [4.78, 5) is 17.3. The second-order valence-corrected chi connectivity index (χ2v) is 10.1. The highest BCUT2D eigenvalue weighted by atomic mass is 35.5. The number of nitrogens with zero attached hydrogens (tertiary/aromatic N) is 2. The van der Waals surface area contributed by atoms with Crippen molar-refractivity contribution in [2.45, 2.75) is 6.61 Å². The number of nitrogens with one attached hydrogen (secondary N) is 2. The van der Waals surface area contributed by atoms with Gasteiger partial charge >= 0.3 is 0 Å². The molecule has 1 aromatic heterocycles. The van der Waals surface area contributed by atoms with Gasteiger partial charge in [-0.05, 0) is 66.2 Å². The largest absolute Gasteiger partial charge is 0.488 e. The number of para-hydroxylation sites is 1. The lowest BCUT2D eigenvalue weighted by Gasteiger charge is -2.09. The van der Waals surface area contributed by atoms with Crippen molar-refractivity contribution >= 4 is 57.5 Å². The topological polar surface area (TPSA) is 75.6 Å². The van der Waals surface area contributed by atoms with Crippen molar-refractivity contribution in [1.82, 2.24) is 10.4 Å². The molecule has 39 heavy (non-hydrogen) atoms. The smallest absolute Gasteiger partial charge is 0.271 e. The normalized spacial score (nSPS) is 10.9. The van der Waals surface area contributed by atoms with E-state index in [4.69, 9.17) is 27.9 Å². The first-order valence-electron chi connectivity index (χ1n) is 11.9. The lowest BCUT2D eigenvalue weighted by molar-refractivity contribution is 0.0955. The van der Waals surface area contributed by atoms with Gasteiger partial charge in [0.05, 0.1) is 11.9 Å². The van der Waals surface area contributed by atoms with E-state index in [1.165, 1.54) is 11.3 Å². The van der Waals surface area contributed by atoms with E-state index in [2.05, 4.69) is 20.8 Å². The van der Waals surface area contributed by atoms with Crippen molar-refractivity contribution in [2.24, 2.45) is 5.10 Å². The van der Waals surface area contributed by atoms with E-state index in [0.717, 1.165) is 33.2 Å². The monoisotopic (exact) mass is 572 g/mol. The summed E-state index contributed by atoms with van der Waals surface area (Å²) in [5.74, 6) is 0.337. The van der Waals surface area contributed by atoms with E-state index >= 15 is 0 Å². The van der Waals surface area contributed by atoms with Crippen molar-refractivity contribution in [2.75, 3.05) is 5.32 Å². The number of ether oxygens (including phenoxy) is 1. The number of hydrogen-bond donors (Lipinski definition) is 2. The van der Waals surface area contributed by atoms with Crippen molar-refractivity contribution in [3.05, 3.63) is 129 Å². The van der Waals surface area contributed by atoms with E-state index < -0.39 is 0 Å². The van der Waals surface area contributed by atoms with Gasteiger partial charge in [-0.25, -0.2) is 10.4 Å². The maximum Gasteiger partial charge on any atom is 0.271 e. The Hall–Kier alpha value is -4.17. The number of hydrogen-bond acceptors (Lipinski definition) is 6. The fourth-order valence-corrected chi connectivity index (χ4v) is 4.59. The molecule has 1 heterocycles. The highest BCUT2D eigenvalue weighted by molar-refractivity contribution is 7.14. The molecule has 6 nitrogen and oxygen atoms in total. The minimum Gasteiger partial charge on any atom is -0.488 e. The standard InChI is InChI=1S/C30H22Cl2N4O2S/c31-24-11-5-20(6-12-24)18-38-28-4-2-1-3-23(28)17-33-36-29(37)22-9-7-21(8-10-22)27-19-39-30(35-27)34-26-15-13-25(32)14-16-26/h1-17,19H,18H2,(H,34,35)(H,36,37)/b33-17-. The molecule has 0 aliphatic carbocycles. The van der Waals surface area contributed by atoms with Gasteiger partial charge in [-0.1, -0.05) is 59.6 Å². The molecular formula is C30H22Cl2N4O2S. The minimum atomic E-state index is -0.319. The second-order valence-electron chi connectivity index (χ2n) is 8.40. The maximum absolute atomic E-state index is 12.6. The molecule has 0 atom stereocenters. The molecule has 0 bridgehead atoms. The van der Waals surface area contributed by atoms with Gasteiger partial charge in [-0.15, -0.1) is 11.3 Å². The van der Waals surface area contributed by atoms with E-state index in [0.29, 0.717) is 28.0 Å². The van der Waals surface area contributed by atoms with Crippen molar-refractivity contribution in [1.29, 1.82) is 0 Å². The van der Waals surface area contributed by atoms with Gasteiger partial charge in [-0.2, -0.15) is 5.10 Å². The molecule has 0 spiro atoms. The summed E-state index contributed by atoms with van der Waals surface area (Å²) in [5, 5.41) is 11.5. The number of thiazole rings is 1. The third-order valence-electron chi connectivity index (χ3n) is 5.64. The van der Waals surface area contributed by atoms with Crippen LogP contribution in [0.15, 0.2) is 108 Å². The van der Waals surface area contributed by atoms with Crippen molar-refractivity contribution in [3.8, 4) is 17.0 Å². The minimum absolute atomic E-state index is 0.319. The van der Waals surface area contributed by atoms with E-state index in [-0.39, 0.29) is 5.91 Å². The third-order valence-corrected chi connectivity index (χ3v) is 6.90. The van der Waals surface area contributed by atoms with E-state index in [1.807, 2.05) is 90.3 Å². The van der Waals surface area contributed by atoms with Crippen LogP contribution in [0, 0.1) is 0 Å². The van der Waals surface area contributed by atoms with E-state index in [9.17, 15) is 4.79 Å². The Morgan fingerprint density at radius 1 is 0.897 bits per heavy atom. The molecule has 0 radical (unpaired) electrons. The lowest BCUT2D eigenvalue weighted by atomic mass is 10.1. The Morgan fingerprint density at radius 3 is 2.33 bits per heavy atom. The van der Waals surface area contributed by atoms with Crippen LogP contribution in [0.5, 0.6) is 5.75 Å². The van der Waals surface area contributed by atoms with Crippen molar-refractivity contribution < 1.29 is 9.53 Å². The quantitative estimate of drug-likeness (QED) is 0.138. The van der Waals surface area contributed by atoms with Crippen LogP contribution >= 0.6 is 34.5 Å². The molecule has 0 aliphatic heterocycles. The highest BCUT2D eigenvalue weighted by Crippen LogP contribution is 2.28. The summed E-state index contributed by atoms with van der Waals surface area (Å²) >= 11 is 13.4. The number of benzene rings is 4. The number of rotatable bonds is 9. The molecule has 0 fully saturated rings. The van der Waals surface area contributed by atoms with Gasteiger partial charge in [-0.3, -0.25) is 4.79 Å². The first kappa shape index (κ1) is 26.4. The molecule has 0 aliphatic rings. The van der Waals surface area contributed by atoms with Crippen LogP contribution < -0.4 is 15.5 Å². The molecule has 194 valence electrons. The van der Waals surface area contributed by atoms with Crippen molar-refractivity contribution in [3.63, 3.8) is 0 Å². The maximum atomic E-state index is 12.6. The van der Waals surface area contributed by atoms with Crippen LogP contribution in [-0.4, -0.2) is 17.1 Å². The SMILES string of the molecule is O=C(N/N=C\c1ccccc1OCc1ccc(Cl)cc1)c1ccc(-c2csc(Nc3ccc(Cl)cc3)n2)cc1. The first-order chi connectivity index (χ1) is 19.0. The Bertz CT molecular complexity index is 1590. The van der Waals surface area contributed by atoms with Crippen LogP contribution in [0.1, 0.15) is 21.5 Å². The summed E-state index contributed by atoms with van der Waals surface area (Å²) in [6.45, 7) is 0.387. The molecule has 5 aromatic rings. The molecule has 2 N–H and O–H groups in total. The zero-order valence-electron chi connectivity index (χ0n) is 20.5. The fourth-order valence-electron chi connectivity index (χ4n) is 3.60. The van der Waals surface area contributed by atoms with Crippen LogP contribution in [-0.2, 0) is 6.61 Å². The first-order valence-corrected chi connectivity index (χ1v) is 13.6. The van der Waals surface area contributed by atoms with Gasteiger partial charge in [0.2, 0.25) is 0 Å². The average molecular weight is 574 g/mol. The fraction of sp³-hybridized carbons (Fsp3) is 0.0333. The predicted molar refractivity (Wildman–Crippen MR) is 160 cm³/mol. The summed E-state index contributed by atoms with van der Waals surface area (Å²) in [5.41, 5.74) is 7.43. The molecule has 0 saturated heterocycles. The van der Waals surface area contributed by atoms with Crippen LogP contribution in [0.4, 0.5) is 10.8 Å². The number of amides is 1. The molecule has 5 rings (SSSR count). The van der Waals surface area contributed by atoms with Crippen LogP contribution in [0.3, 0.4) is 0 Å². The highest BCUT2D eigenvalue weighted by Gasteiger charge is 2.09. The van der Waals surface area contributed by atoms with Gasteiger partial charge in [0, 0.05) is 37.8 Å². The van der Waals surface area contributed by atoms with E-state index in [1.54, 1.807) is 18.3 Å². The Morgan fingerprint density at radius 2 is 1.59 bits per heavy atom. The number of aromatic nitrogens is 1. The molecule has 0 unspecified atom stereocenters. The zero-order valence-corrected chi connectivity index (χ0v) is 22.8. The molecule has 9 heteroatoms. The predicted octanol–water partition coefficient (Wildman–Crippen LogP) is 8.20. The Labute approximate surface area is 239 Å². The van der Waals surface area contributed by atoms with Gasteiger partial charge in [0.15, 0.2) is 5.13 Å². The molecule has 4 aromatic carbocycles. The lowest BCUT2D eigenvalue weighted by Crippen LogP contribution is -2.17. The number of halogens is 2. The van der Waals surface area contributed by atoms with Crippen LogP contribution in [0.2, 0.25) is 10.0 Å². The molecular weight excluding hydrogens is 551 g/mol. The van der Waals surface area contributed by atoms with Gasteiger partial charge < -0.3 is 10.1 Å². The molecule has 0 saturated carbocycles. The van der Waals surface area contributed by atoms with Crippen LogP contribution in [0.25, 0.3) is 11.3 Å². The zero-order chi connectivity index (χ0) is 27.0. The third kappa shape index (κ3) is 7.23.